The van der Waals surface area contributed by atoms with Gasteiger partial charge in [0, 0.05) is 25.2 Å². The van der Waals surface area contributed by atoms with Gasteiger partial charge in [0.2, 0.25) is 6.79 Å². The molecule has 0 radical (unpaired) electrons. The Morgan fingerprint density at radius 2 is 1.97 bits per heavy atom. The van der Waals surface area contributed by atoms with Crippen LogP contribution in [-0.4, -0.2) is 54.7 Å². The molecule has 1 aliphatic rings. The maximum absolute atomic E-state index is 13.0. The molecule has 3 heterocycles. The van der Waals surface area contributed by atoms with Crippen molar-refractivity contribution >= 4 is 50.9 Å². The summed E-state index contributed by atoms with van der Waals surface area (Å²) in [4.78, 5) is 31.1. The van der Waals surface area contributed by atoms with Gasteiger partial charge in [0.1, 0.15) is 4.92 Å². The van der Waals surface area contributed by atoms with E-state index in [4.69, 9.17) is 13.9 Å². The molecule has 1 aromatic carbocycles. The van der Waals surface area contributed by atoms with E-state index < -0.39 is 16.7 Å². The van der Waals surface area contributed by atoms with Crippen LogP contribution >= 0.6 is 23.7 Å². The van der Waals surface area contributed by atoms with Crippen LogP contribution in [0, 0.1) is 10.1 Å². The second kappa shape index (κ2) is 8.23. The summed E-state index contributed by atoms with van der Waals surface area (Å²) in [5.41, 5.74) is 0.678. The monoisotopic (exact) mass is 440 g/mol. The molecular formula is C17H17ClN4O6S. The van der Waals surface area contributed by atoms with Crippen molar-refractivity contribution in [2.75, 3.05) is 38.9 Å². The van der Waals surface area contributed by atoms with E-state index in [9.17, 15) is 14.9 Å². The van der Waals surface area contributed by atoms with Crippen LogP contribution < -0.4 is 14.4 Å². The lowest BCUT2D eigenvalue weighted by Gasteiger charge is -2.20. The largest absolute Gasteiger partial charge is 0.454 e. The number of fused-ring (bicyclic) bond motifs is 2. The minimum absolute atomic E-state index is 0. The van der Waals surface area contributed by atoms with Gasteiger partial charge < -0.3 is 18.8 Å². The summed E-state index contributed by atoms with van der Waals surface area (Å²) < 4.78 is 16.7. The van der Waals surface area contributed by atoms with Gasteiger partial charge in [-0.05, 0) is 20.2 Å². The summed E-state index contributed by atoms with van der Waals surface area (Å²) >= 11 is 1.32. The zero-order chi connectivity index (χ0) is 19.8. The number of hydrogen-bond acceptors (Lipinski definition) is 9. The molecule has 4 rings (SSSR count). The Morgan fingerprint density at radius 1 is 1.24 bits per heavy atom. The summed E-state index contributed by atoms with van der Waals surface area (Å²) in [6, 6.07) is 6.05. The number of anilines is 1. The highest BCUT2D eigenvalue weighted by Crippen LogP contribution is 2.40. The van der Waals surface area contributed by atoms with Crippen molar-refractivity contribution < 1.29 is 23.6 Å². The highest BCUT2D eigenvalue weighted by atomic mass is 35.5. The lowest BCUT2D eigenvalue weighted by Crippen LogP contribution is -2.36. The highest BCUT2D eigenvalue weighted by Gasteiger charge is 2.27. The molecule has 0 unspecified atom stereocenters. The molecule has 1 aliphatic heterocycles. The fraction of sp³-hybridized carbons (Fsp3) is 0.294. The molecule has 12 heteroatoms. The summed E-state index contributed by atoms with van der Waals surface area (Å²) in [5.74, 6) is 0.159. The summed E-state index contributed by atoms with van der Waals surface area (Å²) in [6.45, 7) is 1.09. The number of nitrogens with zero attached hydrogens (tertiary/aromatic N) is 4. The van der Waals surface area contributed by atoms with Crippen LogP contribution in [0.2, 0.25) is 0 Å². The van der Waals surface area contributed by atoms with Crippen molar-refractivity contribution in [3.8, 4) is 11.5 Å². The number of carbonyl (C=O) groups excluding carboxylic acids is 1. The number of rotatable bonds is 6. The van der Waals surface area contributed by atoms with Gasteiger partial charge in [0.25, 0.3) is 5.91 Å². The number of likely N-dealkylation sites (N-methyl/N-ethyl adjacent to an activating group) is 1. The molecular weight excluding hydrogens is 424 g/mol. The smallest absolute Gasteiger partial charge is 0.433 e. The average molecular weight is 441 g/mol. The van der Waals surface area contributed by atoms with Crippen LogP contribution in [0.25, 0.3) is 10.2 Å². The molecule has 0 fully saturated rings. The van der Waals surface area contributed by atoms with E-state index in [0.717, 1.165) is 10.8 Å². The average Bonchev–Trinajstić information content (AvgIpc) is 3.37. The van der Waals surface area contributed by atoms with Gasteiger partial charge in [0.15, 0.2) is 22.4 Å². The van der Waals surface area contributed by atoms with Crippen molar-refractivity contribution in [2.45, 2.75) is 0 Å². The minimum atomic E-state index is -0.680. The van der Waals surface area contributed by atoms with Crippen LogP contribution in [0.1, 0.15) is 10.6 Å². The van der Waals surface area contributed by atoms with Gasteiger partial charge in [-0.3, -0.25) is 19.8 Å². The second-order valence-corrected chi connectivity index (χ2v) is 7.33. The van der Waals surface area contributed by atoms with Gasteiger partial charge >= 0.3 is 5.88 Å². The zero-order valence-electron chi connectivity index (χ0n) is 15.5. The molecule has 1 amide bonds. The maximum atomic E-state index is 13.0. The first-order valence-corrected chi connectivity index (χ1v) is 9.15. The summed E-state index contributed by atoms with van der Waals surface area (Å²) in [6.07, 6.45) is 0. The molecule has 10 nitrogen and oxygen atoms in total. The number of nitro groups is 1. The van der Waals surface area contributed by atoms with E-state index in [1.54, 1.807) is 6.07 Å². The van der Waals surface area contributed by atoms with E-state index in [1.807, 2.05) is 25.1 Å². The fourth-order valence-electron chi connectivity index (χ4n) is 2.68. The van der Waals surface area contributed by atoms with Crippen LogP contribution in [0.3, 0.4) is 0 Å². The minimum Gasteiger partial charge on any atom is -0.454 e. The first kappa shape index (κ1) is 20.8. The first-order chi connectivity index (χ1) is 13.4. The van der Waals surface area contributed by atoms with Gasteiger partial charge in [-0.15, -0.1) is 12.4 Å². The number of thiazole rings is 1. The second-order valence-electron chi connectivity index (χ2n) is 6.32. The molecule has 0 spiro atoms. The molecule has 0 saturated heterocycles. The first-order valence-electron chi connectivity index (χ1n) is 8.33. The Morgan fingerprint density at radius 3 is 2.62 bits per heavy atom. The molecule has 2 aromatic heterocycles. The third-order valence-corrected chi connectivity index (χ3v) is 5.14. The van der Waals surface area contributed by atoms with Gasteiger partial charge in [-0.1, -0.05) is 11.3 Å². The van der Waals surface area contributed by atoms with Crippen molar-refractivity contribution in [2.24, 2.45) is 0 Å². The molecule has 0 saturated carbocycles. The standard InChI is InChI=1S/C17H16N4O6S.ClH/c1-19(2)5-6-20(16(22)11-3-4-15(27-11)21(23)24)17-18-10-7-12-13(26-9-25-12)8-14(10)28-17;/h3-4,7-8H,5-6,9H2,1-2H3;1H. The van der Waals surface area contributed by atoms with Crippen LogP contribution in [0.15, 0.2) is 28.7 Å². The molecule has 0 bridgehead atoms. The third-order valence-electron chi connectivity index (χ3n) is 4.10. The van der Waals surface area contributed by atoms with E-state index in [0.29, 0.717) is 35.2 Å². The topological polar surface area (TPSA) is 111 Å². The van der Waals surface area contributed by atoms with E-state index >= 15 is 0 Å². The van der Waals surface area contributed by atoms with E-state index in [2.05, 4.69) is 4.98 Å². The Kier molecular flexibility index (Phi) is 5.91. The summed E-state index contributed by atoms with van der Waals surface area (Å²) in [7, 11) is 3.77. The quantitative estimate of drug-likeness (QED) is 0.424. The van der Waals surface area contributed by atoms with Crippen molar-refractivity contribution in [1.29, 1.82) is 0 Å². The normalized spacial score (nSPS) is 12.2. The summed E-state index contributed by atoms with van der Waals surface area (Å²) in [5, 5.41) is 11.3. The van der Waals surface area contributed by atoms with Gasteiger partial charge in [0.05, 0.1) is 16.3 Å². The molecule has 3 aromatic rings. The molecule has 0 atom stereocenters. The number of furan rings is 1. The molecule has 154 valence electrons. The van der Waals surface area contributed by atoms with Gasteiger partial charge in [-0.25, -0.2) is 4.98 Å². The SMILES string of the molecule is CN(C)CCN(C(=O)c1ccc([N+](=O)[O-])o1)c1nc2cc3c(cc2s1)OCO3.Cl. The Balaban J connectivity index is 0.00000240. The number of ether oxygens (including phenoxy) is 2. The van der Waals surface area contributed by atoms with Crippen molar-refractivity contribution in [3.05, 3.63) is 40.1 Å². The molecule has 29 heavy (non-hydrogen) atoms. The Bertz CT molecular complexity index is 1020. The van der Waals surface area contributed by atoms with Gasteiger partial charge in [-0.2, -0.15) is 0 Å². The molecule has 0 N–H and O–H groups in total. The zero-order valence-corrected chi connectivity index (χ0v) is 17.1. The Hall–Kier alpha value is -2.89. The number of hydrogen-bond donors (Lipinski definition) is 0. The fourth-order valence-corrected chi connectivity index (χ4v) is 3.68. The van der Waals surface area contributed by atoms with E-state index in [1.165, 1.54) is 22.3 Å². The lowest BCUT2D eigenvalue weighted by molar-refractivity contribution is -0.402. The van der Waals surface area contributed by atoms with Crippen LogP contribution in [-0.2, 0) is 0 Å². The number of carbonyl (C=O) groups is 1. The van der Waals surface area contributed by atoms with Crippen LogP contribution in [0.4, 0.5) is 11.0 Å². The van der Waals surface area contributed by atoms with Crippen molar-refractivity contribution in [3.63, 3.8) is 0 Å². The van der Waals surface area contributed by atoms with Crippen LogP contribution in [0.5, 0.6) is 11.5 Å². The predicted octanol–water partition coefficient (Wildman–Crippen LogP) is 3.16. The number of aromatic nitrogens is 1. The number of halogens is 1. The maximum Gasteiger partial charge on any atom is 0.433 e. The lowest BCUT2D eigenvalue weighted by atomic mass is 10.3. The highest BCUT2D eigenvalue weighted by molar-refractivity contribution is 7.22. The third kappa shape index (κ3) is 4.11. The predicted molar refractivity (Wildman–Crippen MR) is 109 cm³/mol. The Labute approximate surface area is 175 Å². The molecule has 0 aliphatic carbocycles. The number of amides is 1. The van der Waals surface area contributed by atoms with E-state index in [-0.39, 0.29) is 25.0 Å². The number of benzene rings is 1. The van der Waals surface area contributed by atoms with Crippen molar-refractivity contribution in [1.82, 2.24) is 9.88 Å².